The van der Waals surface area contributed by atoms with Gasteiger partial charge in [-0.05, 0) is 61.2 Å². The average molecular weight is 386 g/mol. The first kappa shape index (κ1) is 17.9. The molecule has 4 atom stereocenters. The number of rotatable bonds is 2. The quantitative estimate of drug-likeness (QED) is 0.743. The van der Waals surface area contributed by atoms with Crippen molar-refractivity contribution >= 4 is 29.4 Å². The summed E-state index contributed by atoms with van der Waals surface area (Å²) in [6.07, 6.45) is 3.83. The molecule has 5 rings (SSSR count). The minimum atomic E-state index is -0.664. The molecule has 0 N–H and O–H groups in total. The molecular weight excluding hydrogens is 364 g/mol. The number of imide groups is 1. The lowest BCUT2D eigenvalue weighted by molar-refractivity contribution is -0.129. The Kier molecular flexibility index (Phi) is 3.78. The van der Waals surface area contributed by atoms with Crippen molar-refractivity contribution < 1.29 is 14.4 Å². The van der Waals surface area contributed by atoms with Gasteiger partial charge in [-0.3, -0.25) is 14.4 Å². The van der Waals surface area contributed by atoms with E-state index in [-0.39, 0.29) is 23.6 Å². The fourth-order valence-corrected chi connectivity index (χ4v) is 5.14. The molecule has 2 aromatic rings. The van der Waals surface area contributed by atoms with Crippen molar-refractivity contribution in [2.75, 3.05) is 4.90 Å². The Hall–Kier alpha value is -3.21. The number of hydrogen-bond acceptors (Lipinski definition) is 4. The number of amides is 2. The molecule has 1 unspecified atom stereocenters. The monoisotopic (exact) mass is 386 g/mol. The van der Waals surface area contributed by atoms with Crippen LogP contribution in [0.15, 0.2) is 48.7 Å². The van der Waals surface area contributed by atoms with Crippen molar-refractivity contribution in [1.82, 2.24) is 4.90 Å². The number of nitrogens with zero attached hydrogens (tertiary/aromatic N) is 2. The summed E-state index contributed by atoms with van der Waals surface area (Å²) in [5.74, 6) is -1.81. The smallest absolute Gasteiger partial charge is 0.240 e. The first-order chi connectivity index (χ1) is 13.9. The fourth-order valence-electron chi connectivity index (χ4n) is 5.14. The second-order valence-electron chi connectivity index (χ2n) is 8.22. The van der Waals surface area contributed by atoms with Gasteiger partial charge in [0.1, 0.15) is 0 Å². The first-order valence-electron chi connectivity index (χ1n) is 9.90. The number of Topliss-reactive ketones (excluding diaryl/α,β-unsaturated/α-hetero) is 1. The number of anilines is 1. The Morgan fingerprint density at radius 3 is 2.38 bits per heavy atom. The predicted molar refractivity (Wildman–Crippen MR) is 110 cm³/mol. The Morgan fingerprint density at radius 2 is 1.66 bits per heavy atom. The molecule has 3 aliphatic heterocycles. The van der Waals surface area contributed by atoms with Crippen LogP contribution in [0.4, 0.5) is 5.69 Å². The molecule has 2 amide bonds. The highest BCUT2D eigenvalue weighted by Crippen LogP contribution is 2.53. The van der Waals surface area contributed by atoms with Crippen LogP contribution in [-0.4, -0.2) is 28.5 Å². The largest absolute Gasteiger partial charge is 0.359 e. The number of hydrogen-bond donors (Lipinski definition) is 0. The van der Waals surface area contributed by atoms with Crippen molar-refractivity contribution in [2.24, 2.45) is 11.8 Å². The van der Waals surface area contributed by atoms with Gasteiger partial charge in [-0.15, -0.1) is 0 Å². The van der Waals surface area contributed by atoms with E-state index in [1.807, 2.05) is 73.5 Å². The number of carbonyl (C=O) groups excluding carboxylic acids is 3. The highest BCUT2D eigenvalue weighted by molar-refractivity contribution is 6.24. The number of fused-ring (bicyclic) bond motifs is 5. The van der Waals surface area contributed by atoms with Crippen molar-refractivity contribution in [3.63, 3.8) is 0 Å². The third kappa shape index (κ3) is 2.36. The summed E-state index contributed by atoms with van der Waals surface area (Å²) in [6, 6.07) is 12.6. The number of carbonyl (C=O) groups is 3. The van der Waals surface area contributed by atoms with Crippen LogP contribution in [-0.2, 0) is 14.4 Å². The van der Waals surface area contributed by atoms with Crippen LogP contribution in [0, 0.1) is 25.7 Å². The third-order valence-corrected chi connectivity index (χ3v) is 6.63. The molecule has 3 heterocycles. The van der Waals surface area contributed by atoms with Crippen molar-refractivity contribution in [3.05, 3.63) is 70.9 Å². The van der Waals surface area contributed by atoms with Gasteiger partial charge in [0.15, 0.2) is 5.78 Å². The standard InChI is InChI=1S/C24H22N2O3/c1-13-8-9-17(12-14(13)2)26-23(28)19-20(24(26)29)22-18-7-5-4-6-16(18)10-11-25(22)21(19)15(3)27/h4-12,19-22H,1-3H3/t19-,20+,21-,22?/m1/s1. The molecule has 0 saturated carbocycles. The molecule has 0 aromatic heterocycles. The summed E-state index contributed by atoms with van der Waals surface area (Å²) in [6.45, 7) is 5.47. The van der Waals surface area contributed by atoms with Crippen LogP contribution in [0.1, 0.15) is 35.2 Å². The zero-order valence-corrected chi connectivity index (χ0v) is 16.6. The van der Waals surface area contributed by atoms with Gasteiger partial charge in [0.05, 0.1) is 29.6 Å². The van der Waals surface area contributed by atoms with Crippen LogP contribution in [0.25, 0.3) is 6.08 Å². The van der Waals surface area contributed by atoms with Crippen LogP contribution in [0.2, 0.25) is 0 Å². The Morgan fingerprint density at radius 1 is 0.931 bits per heavy atom. The summed E-state index contributed by atoms with van der Waals surface area (Å²) in [5.41, 5.74) is 4.74. The van der Waals surface area contributed by atoms with Gasteiger partial charge in [-0.2, -0.15) is 0 Å². The zero-order valence-electron chi connectivity index (χ0n) is 16.6. The summed E-state index contributed by atoms with van der Waals surface area (Å²) in [4.78, 5) is 42.9. The van der Waals surface area contributed by atoms with E-state index < -0.39 is 17.9 Å². The van der Waals surface area contributed by atoms with E-state index in [0.717, 1.165) is 22.3 Å². The second-order valence-corrected chi connectivity index (χ2v) is 8.22. The van der Waals surface area contributed by atoms with E-state index in [1.54, 1.807) is 0 Å². The molecule has 2 saturated heterocycles. The SMILES string of the molecule is CC(=O)[C@@H]1[C@@H]2C(=O)N(c3ccc(C)c(C)c3)C(=O)[C@@H]2C2c3ccccc3C=CN21. The van der Waals surface area contributed by atoms with Gasteiger partial charge in [0.2, 0.25) is 11.8 Å². The lowest BCUT2D eigenvalue weighted by atomic mass is 9.84. The Balaban J connectivity index is 1.65. The lowest BCUT2D eigenvalue weighted by Gasteiger charge is -2.35. The van der Waals surface area contributed by atoms with Crippen molar-refractivity contribution in [1.29, 1.82) is 0 Å². The lowest BCUT2D eigenvalue weighted by Crippen LogP contribution is -2.43. The number of benzene rings is 2. The number of aryl methyl sites for hydroxylation is 2. The molecular formula is C24H22N2O3. The second kappa shape index (κ2) is 6.14. The van der Waals surface area contributed by atoms with Crippen molar-refractivity contribution in [3.8, 4) is 0 Å². The topological polar surface area (TPSA) is 57.7 Å². The van der Waals surface area contributed by atoms with Gasteiger partial charge in [0.25, 0.3) is 0 Å². The summed E-state index contributed by atoms with van der Waals surface area (Å²) < 4.78 is 0. The van der Waals surface area contributed by atoms with E-state index in [1.165, 1.54) is 11.8 Å². The molecule has 3 aliphatic rings. The molecule has 0 radical (unpaired) electrons. The van der Waals surface area contributed by atoms with Crippen LogP contribution in [0.3, 0.4) is 0 Å². The molecule has 5 heteroatoms. The van der Waals surface area contributed by atoms with Crippen LogP contribution >= 0.6 is 0 Å². The van der Waals surface area contributed by atoms with Gasteiger partial charge in [0, 0.05) is 6.20 Å². The highest BCUT2D eigenvalue weighted by Gasteiger charge is 2.63. The van der Waals surface area contributed by atoms with Crippen molar-refractivity contribution in [2.45, 2.75) is 32.9 Å². The molecule has 0 aliphatic carbocycles. The molecule has 0 spiro atoms. The molecule has 2 fully saturated rings. The predicted octanol–water partition coefficient (Wildman–Crippen LogP) is 3.41. The summed E-state index contributed by atoms with van der Waals surface area (Å²) in [5, 5.41) is 0. The highest BCUT2D eigenvalue weighted by atomic mass is 16.2. The summed E-state index contributed by atoms with van der Waals surface area (Å²) in [7, 11) is 0. The Bertz CT molecular complexity index is 1100. The minimum absolute atomic E-state index is 0.0883. The maximum absolute atomic E-state index is 13.6. The van der Waals surface area contributed by atoms with Crippen LogP contribution in [0.5, 0.6) is 0 Å². The van der Waals surface area contributed by atoms with Gasteiger partial charge < -0.3 is 4.90 Å². The fraction of sp³-hybridized carbons (Fsp3) is 0.292. The van der Waals surface area contributed by atoms with Gasteiger partial charge in [-0.25, -0.2) is 4.90 Å². The van der Waals surface area contributed by atoms with E-state index in [0.29, 0.717) is 5.69 Å². The first-order valence-corrected chi connectivity index (χ1v) is 9.90. The van der Waals surface area contributed by atoms with Crippen LogP contribution < -0.4 is 4.90 Å². The third-order valence-electron chi connectivity index (χ3n) is 6.63. The molecule has 0 bridgehead atoms. The van der Waals surface area contributed by atoms with Gasteiger partial charge >= 0.3 is 0 Å². The van der Waals surface area contributed by atoms with E-state index in [4.69, 9.17) is 0 Å². The summed E-state index contributed by atoms with van der Waals surface area (Å²) >= 11 is 0. The Labute approximate surface area is 169 Å². The molecule has 29 heavy (non-hydrogen) atoms. The normalized spacial score (nSPS) is 27.1. The average Bonchev–Trinajstić information content (AvgIpc) is 3.17. The molecule has 2 aromatic carbocycles. The zero-order chi connectivity index (χ0) is 20.4. The molecule has 146 valence electrons. The maximum atomic E-state index is 13.6. The van der Waals surface area contributed by atoms with E-state index in [9.17, 15) is 14.4 Å². The van der Waals surface area contributed by atoms with E-state index in [2.05, 4.69) is 0 Å². The minimum Gasteiger partial charge on any atom is -0.359 e. The molecule has 5 nitrogen and oxygen atoms in total. The number of ketones is 1. The maximum Gasteiger partial charge on any atom is 0.240 e. The van der Waals surface area contributed by atoms with Gasteiger partial charge in [-0.1, -0.05) is 30.3 Å². The van der Waals surface area contributed by atoms with E-state index >= 15 is 0 Å².